The second-order valence-corrected chi connectivity index (χ2v) is 9.37. The van der Waals surface area contributed by atoms with Crippen LogP contribution in [0.1, 0.15) is 37.3 Å². The van der Waals surface area contributed by atoms with Gasteiger partial charge in [0.15, 0.2) is 0 Å². The third-order valence-electron chi connectivity index (χ3n) is 6.99. The van der Waals surface area contributed by atoms with E-state index in [1.54, 1.807) is 0 Å². The highest BCUT2D eigenvalue weighted by Crippen LogP contribution is 2.32. The lowest BCUT2D eigenvalue weighted by atomic mass is 9.91. The summed E-state index contributed by atoms with van der Waals surface area (Å²) in [6, 6.07) is 16.8. The zero-order chi connectivity index (χ0) is 23.5. The van der Waals surface area contributed by atoms with Crippen LogP contribution in [0.5, 0.6) is 5.75 Å². The minimum atomic E-state index is -0.130. The van der Waals surface area contributed by atoms with Crippen LogP contribution < -0.4 is 15.4 Å². The second-order valence-electron chi connectivity index (χ2n) is 9.37. The first-order valence-electron chi connectivity index (χ1n) is 12.1. The number of likely N-dealkylation sites (tertiary alicyclic amines) is 1. The SMILES string of the molecule is CC1CC2CC(C(=O)NCC/C=C/c3c(OCc4ccccc4)ccc4ncc(cc34)N2)N1C. The monoisotopic (exact) mass is 456 g/mol. The van der Waals surface area contributed by atoms with E-state index in [4.69, 9.17) is 9.72 Å². The van der Waals surface area contributed by atoms with Crippen molar-refractivity contribution >= 4 is 28.6 Å². The molecule has 34 heavy (non-hydrogen) atoms. The number of fused-ring (bicyclic) bond motifs is 3. The van der Waals surface area contributed by atoms with E-state index < -0.39 is 0 Å². The van der Waals surface area contributed by atoms with Crippen LogP contribution in [0.25, 0.3) is 17.0 Å². The fourth-order valence-electron chi connectivity index (χ4n) is 4.97. The van der Waals surface area contributed by atoms with Gasteiger partial charge < -0.3 is 15.4 Å². The molecule has 4 bridgehead atoms. The van der Waals surface area contributed by atoms with Crippen LogP contribution in [0, 0.1) is 0 Å². The second kappa shape index (κ2) is 9.85. The molecule has 3 unspecified atom stereocenters. The molecule has 1 amide bonds. The summed E-state index contributed by atoms with van der Waals surface area (Å²) in [5.74, 6) is 0.933. The highest BCUT2D eigenvalue weighted by molar-refractivity contribution is 5.92. The summed E-state index contributed by atoms with van der Waals surface area (Å²) in [5.41, 5.74) is 4.05. The molecule has 1 fully saturated rings. The highest BCUT2D eigenvalue weighted by Gasteiger charge is 2.35. The van der Waals surface area contributed by atoms with Gasteiger partial charge >= 0.3 is 0 Å². The number of likely N-dealkylation sites (N-methyl/N-ethyl adjacent to an activating group) is 1. The number of anilines is 1. The molecule has 0 aliphatic carbocycles. The molecule has 6 nitrogen and oxygen atoms in total. The molecule has 0 spiro atoms. The molecule has 2 aliphatic heterocycles. The van der Waals surface area contributed by atoms with Crippen molar-refractivity contribution in [3.63, 3.8) is 0 Å². The number of piperidine rings is 1. The molecule has 1 aromatic heterocycles. The van der Waals surface area contributed by atoms with Crippen molar-refractivity contribution in [3.05, 3.63) is 71.9 Å². The van der Waals surface area contributed by atoms with Crippen molar-refractivity contribution in [2.24, 2.45) is 0 Å². The average molecular weight is 457 g/mol. The van der Waals surface area contributed by atoms with Crippen LogP contribution >= 0.6 is 0 Å². The lowest BCUT2D eigenvalue weighted by Crippen LogP contribution is -2.55. The Morgan fingerprint density at radius 3 is 2.85 bits per heavy atom. The summed E-state index contributed by atoms with van der Waals surface area (Å²) in [6.07, 6.45) is 8.59. The number of ether oxygens (including phenoxy) is 1. The summed E-state index contributed by atoms with van der Waals surface area (Å²) in [4.78, 5) is 19.8. The van der Waals surface area contributed by atoms with E-state index in [1.165, 1.54) is 0 Å². The van der Waals surface area contributed by atoms with Gasteiger partial charge in [-0.15, -0.1) is 0 Å². The Labute approximate surface area is 201 Å². The van der Waals surface area contributed by atoms with Crippen molar-refractivity contribution in [1.82, 2.24) is 15.2 Å². The Balaban J connectivity index is 1.50. The summed E-state index contributed by atoms with van der Waals surface area (Å²) in [5, 5.41) is 7.86. The maximum absolute atomic E-state index is 12.9. The van der Waals surface area contributed by atoms with Gasteiger partial charge in [-0.2, -0.15) is 0 Å². The Bertz CT molecular complexity index is 1190. The zero-order valence-corrected chi connectivity index (χ0v) is 19.8. The number of aromatic nitrogens is 1. The molecule has 2 N–H and O–H groups in total. The van der Waals surface area contributed by atoms with Gasteiger partial charge in [-0.25, -0.2) is 0 Å². The van der Waals surface area contributed by atoms with Gasteiger partial charge in [-0.1, -0.05) is 42.5 Å². The van der Waals surface area contributed by atoms with Crippen molar-refractivity contribution in [2.45, 2.75) is 50.9 Å². The van der Waals surface area contributed by atoms with E-state index in [1.807, 2.05) is 36.5 Å². The minimum Gasteiger partial charge on any atom is -0.488 e. The van der Waals surface area contributed by atoms with E-state index in [9.17, 15) is 4.79 Å². The fraction of sp³-hybridized carbons (Fsp3) is 0.357. The molecule has 6 heteroatoms. The van der Waals surface area contributed by atoms with Crippen LogP contribution in [0.3, 0.4) is 0 Å². The number of nitrogens with zero attached hydrogens (tertiary/aromatic N) is 2. The highest BCUT2D eigenvalue weighted by atomic mass is 16.5. The van der Waals surface area contributed by atoms with Gasteiger partial charge in [-0.05, 0) is 57.0 Å². The lowest BCUT2D eigenvalue weighted by molar-refractivity contribution is -0.128. The molecule has 2 aromatic carbocycles. The van der Waals surface area contributed by atoms with Crippen LogP contribution in [0.15, 0.2) is 60.8 Å². The zero-order valence-electron chi connectivity index (χ0n) is 19.8. The molecular weight excluding hydrogens is 424 g/mol. The molecule has 0 radical (unpaired) electrons. The predicted molar refractivity (Wildman–Crippen MR) is 137 cm³/mol. The molecule has 176 valence electrons. The number of rotatable bonds is 3. The summed E-state index contributed by atoms with van der Waals surface area (Å²) in [7, 11) is 2.05. The Kier molecular flexibility index (Phi) is 6.50. The summed E-state index contributed by atoms with van der Waals surface area (Å²) in [6.45, 7) is 3.30. The van der Waals surface area contributed by atoms with Crippen LogP contribution in [-0.4, -0.2) is 47.5 Å². The molecule has 5 rings (SSSR count). The number of carbonyl (C=O) groups excluding carboxylic acids is 1. The normalized spacial score (nSPS) is 24.2. The first-order valence-corrected chi connectivity index (χ1v) is 12.1. The van der Waals surface area contributed by atoms with Gasteiger partial charge in [0, 0.05) is 29.6 Å². The van der Waals surface area contributed by atoms with E-state index in [0.717, 1.165) is 52.7 Å². The maximum Gasteiger partial charge on any atom is 0.237 e. The molecule has 3 atom stereocenters. The van der Waals surface area contributed by atoms with Gasteiger partial charge in [0.25, 0.3) is 0 Å². The third-order valence-corrected chi connectivity index (χ3v) is 6.99. The Hall–Kier alpha value is -3.38. The number of benzene rings is 2. The fourth-order valence-corrected chi connectivity index (χ4v) is 4.97. The average Bonchev–Trinajstić information content (AvgIpc) is 2.85. The first-order chi connectivity index (χ1) is 16.6. The molecule has 3 heterocycles. The van der Waals surface area contributed by atoms with Gasteiger partial charge in [0.2, 0.25) is 5.91 Å². The lowest BCUT2D eigenvalue weighted by Gasteiger charge is -2.41. The smallest absolute Gasteiger partial charge is 0.237 e. The standard InChI is InChI=1S/C28H32N4O2/c1-19-14-21-16-26(32(19)2)28(33)29-13-7-6-10-23-24-15-22(31-21)17-30-25(24)11-12-27(23)34-18-20-8-4-3-5-9-20/h3-6,8-12,15,17,19,21,26,31H,7,13-14,16,18H2,1-2H3,(H,29,33)/b10-6+. The Morgan fingerprint density at radius 2 is 2.00 bits per heavy atom. The number of nitrogens with one attached hydrogen (secondary N) is 2. The molecule has 0 saturated carbocycles. The summed E-state index contributed by atoms with van der Waals surface area (Å²) < 4.78 is 6.25. The van der Waals surface area contributed by atoms with Gasteiger partial charge in [0.05, 0.1) is 23.4 Å². The van der Waals surface area contributed by atoms with E-state index in [-0.39, 0.29) is 18.0 Å². The molecular formula is C28H32N4O2. The van der Waals surface area contributed by atoms with E-state index in [2.05, 4.69) is 59.9 Å². The topological polar surface area (TPSA) is 66.5 Å². The quantitative estimate of drug-likeness (QED) is 0.603. The third kappa shape index (κ3) is 4.77. The maximum atomic E-state index is 12.9. The summed E-state index contributed by atoms with van der Waals surface area (Å²) >= 11 is 0. The molecule has 1 saturated heterocycles. The number of pyridine rings is 1. The number of hydrogen-bond acceptors (Lipinski definition) is 5. The number of amides is 1. The van der Waals surface area contributed by atoms with Crippen LogP contribution in [-0.2, 0) is 11.4 Å². The number of hydrogen-bond donors (Lipinski definition) is 2. The van der Waals surface area contributed by atoms with Gasteiger partial charge in [0.1, 0.15) is 12.4 Å². The van der Waals surface area contributed by atoms with Crippen molar-refractivity contribution in [3.8, 4) is 5.75 Å². The van der Waals surface area contributed by atoms with Crippen LogP contribution in [0.4, 0.5) is 5.69 Å². The largest absolute Gasteiger partial charge is 0.488 e. The minimum absolute atomic E-state index is 0.104. The molecule has 2 aliphatic rings. The Morgan fingerprint density at radius 1 is 1.15 bits per heavy atom. The van der Waals surface area contributed by atoms with Crippen molar-refractivity contribution < 1.29 is 9.53 Å². The van der Waals surface area contributed by atoms with Gasteiger partial charge in [-0.3, -0.25) is 14.7 Å². The van der Waals surface area contributed by atoms with E-state index in [0.29, 0.717) is 19.2 Å². The van der Waals surface area contributed by atoms with Crippen LogP contribution in [0.2, 0.25) is 0 Å². The first kappa shape index (κ1) is 22.4. The molecule has 3 aromatic rings. The van der Waals surface area contributed by atoms with E-state index >= 15 is 0 Å². The number of carbonyl (C=O) groups is 1. The van der Waals surface area contributed by atoms with Crippen molar-refractivity contribution in [2.75, 3.05) is 18.9 Å². The predicted octanol–water partition coefficient (Wildman–Crippen LogP) is 4.61. The van der Waals surface area contributed by atoms with Crippen molar-refractivity contribution in [1.29, 1.82) is 0 Å².